The quantitative estimate of drug-likeness (QED) is 0.637. The van der Waals surface area contributed by atoms with Gasteiger partial charge in [0.15, 0.2) is 5.70 Å². The molecule has 0 saturated carbocycles. The lowest BCUT2D eigenvalue weighted by Crippen LogP contribution is -2.35. The van der Waals surface area contributed by atoms with Crippen LogP contribution < -0.4 is 4.90 Å². The molecule has 0 spiro atoms. The summed E-state index contributed by atoms with van der Waals surface area (Å²) >= 11 is 1.64. The highest BCUT2D eigenvalue weighted by Crippen LogP contribution is 2.29. The van der Waals surface area contributed by atoms with Crippen LogP contribution in [0.5, 0.6) is 0 Å². The molecule has 122 valence electrons. The molecule has 1 aromatic heterocycles. The van der Waals surface area contributed by atoms with Crippen LogP contribution in [0, 0.1) is 0 Å². The van der Waals surface area contributed by atoms with Gasteiger partial charge in [-0.05, 0) is 30.3 Å². The summed E-state index contributed by atoms with van der Waals surface area (Å²) in [6.07, 6.45) is 1.78. The summed E-state index contributed by atoms with van der Waals surface area (Å²) in [5.41, 5.74) is 1.14. The zero-order valence-corrected chi connectivity index (χ0v) is 13.8. The van der Waals surface area contributed by atoms with Crippen LogP contribution in [0.1, 0.15) is 10.4 Å². The number of carbonyl (C=O) groups excluding carboxylic acids is 1. The van der Waals surface area contributed by atoms with Crippen molar-refractivity contribution in [2.24, 2.45) is 4.99 Å². The first-order valence-corrected chi connectivity index (χ1v) is 8.62. The molecule has 4 rings (SSSR count). The number of hydrogen-bond donors (Lipinski definition) is 0. The summed E-state index contributed by atoms with van der Waals surface area (Å²) in [6.45, 7) is 3.31. The van der Waals surface area contributed by atoms with Gasteiger partial charge in [0.25, 0.3) is 0 Å². The van der Waals surface area contributed by atoms with Crippen molar-refractivity contribution in [2.75, 3.05) is 31.2 Å². The first-order chi connectivity index (χ1) is 11.8. The number of carbonyl (C=O) groups is 1. The minimum absolute atomic E-state index is 0.337. The van der Waals surface area contributed by atoms with E-state index < -0.39 is 5.97 Å². The molecule has 0 radical (unpaired) electrons. The molecule has 24 heavy (non-hydrogen) atoms. The van der Waals surface area contributed by atoms with E-state index in [1.54, 1.807) is 17.4 Å². The molecule has 2 aromatic rings. The Hall–Kier alpha value is -2.44. The van der Waals surface area contributed by atoms with E-state index in [2.05, 4.69) is 16.0 Å². The van der Waals surface area contributed by atoms with E-state index in [4.69, 9.17) is 9.47 Å². The van der Waals surface area contributed by atoms with Crippen molar-refractivity contribution in [2.45, 2.75) is 0 Å². The molecule has 0 atom stereocenters. The lowest BCUT2D eigenvalue weighted by atomic mass is 10.2. The smallest absolute Gasteiger partial charge is 0.363 e. The standard InChI is InChI=1S/C18H16N2O3S/c21-18-15(19-17(23-18)13-4-2-1-3-5-13)12-14-6-7-16(24-14)20-8-10-22-11-9-20/h1-7,12H,8-11H2. The molecule has 5 nitrogen and oxygen atoms in total. The number of cyclic esters (lactones) is 1. The first-order valence-electron chi connectivity index (χ1n) is 7.80. The molecule has 0 bridgehead atoms. The van der Waals surface area contributed by atoms with Gasteiger partial charge >= 0.3 is 5.97 Å². The van der Waals surface area contributed by atoms with Gasteiger partial charge < -0.3 is 14.4 Å². The monoisotopic (exact) mass is 340 g/mol. The Balaban J connectivity index is 1.56. The number of morpholine rings is 1. The predicted molar refractivity (Wildman–Crippen MR) is 94.4 cm³/mol. The van der Waals surface area contributed by atoms with Gasteiger partial charge in [-0.1, -0.05) is 18.2 Å². The van der Waals surface area contributed by atoms with E-state index in [1.807, 2.05) is 36.4 Å². The second-order valence-electron chi connectivity index (χ2n) is 5.48. The van der Waals surface area contributed by atoms with Crippen LogP contribution in [0.2, 0.25) is 0 Å². The first kappa shape index (κ1) is 15.1. The molecule has 1 fully saturated rings. The Morgan fingerprint density at radius 3 is 2.67 bits per heavy atom. The van der Waals surface area contributed by atoms with Crippen LogP contribution >= 0.6 is 11.3 Å². The largest absolute Gasteiger partial charge is 0.402 e. The predicted octanol–water partition coefficient (Wildman–Crippen LogP) is 2.93. The zero-order chi connectivity index (χ0) is 16.4. The molecular formula is C18H16N2O3S. The van der Waals surface area contributed by atoms with E-state index in [9.17, 15) is 4.79 Å². The number of ether oxygens (including phenoxy) is 2. The van der Waals surface area contributed by atoms with E-state index in [0.717, 1.165) is 36.7 Å². The molecule has 1 saturated heterocycles. The van der Waals surface area contributed by atoms with Crippen molar-refractivity contribution in [3.05, 3.63) is 58.6 Å². The fourth-order valence-corrected chi connectivity index (χ4v) is 3.62. The number of nitrogens with zero attached hydrogens (tertiary/aromatic N) is 2. The third-order valence-electron chi connectivity index (χ3n) is 3.86. The SMILES string of the molecule is O=C1OC(c2ccccc2)=NC1=Cc1ccc(N2CCOCC2)s1. The van der Waals surface area contributed by atoms with Crippen LogP contribution in [0.15, 0.2) is 53.2 Å². The Morgan fingerprint density at radius 2 is 1.88 bits per heavy atom. The minimum Gasteiger partial charge on any atom is -0.402 e. The van der Waals surface area contributed by atoms with Crippen molar-refractivity contribution in [1.82, 2.24) is 0 Å². The summed E-state index contributed by atoms with van der Waals surface area (Å²) in [6, 6.07) is 13.5. The Kier molecular flexibility index (Phi) is 4.15. The van der Waals surface area contributed by atoms with Gasteiger partial charge in [-0.2, -0.15) is 0 Å². The molecule has 0 unspecified atom stereocenters. The lowest BCUT2D eigenvalue weighted by Gasteiger charge is -2.27. The van der Waals surface area contributed by atoms with Crippen LogP contribution in [0.25, 0.3) is 6.08 Å². The van der Waals surface area contributed by atoms with Crippen molar-refractivity contribution in [1.29, 1.82) is 0 Å². The maximum atomic E-state index is 12.0. The van der Waals surface area contributed by atoms with Gasteiger partial charge in [0.05, 0.1) is 18.2 Å². The molecular weight excluding hydrogens is 324 g/mol. The molecule has 3 heterocycles. The minimum atomic E-state index is -0.407. The number of thiophene rings is 1. The second-order valence-corrected chi connectivity index (χ2v) is 6.57. The summed E-state index contributed by atoms with van der Waals surface area (Å²) in [7, 11) is 0. The molecule has 6 heteroatoms. The number of aliphatic imine (C=N–C) groups is 1. The average molecular weight is 340 g/mol. The molecule has 1 aromatic carbocycles. The maximum Gasteiger partial charge on any atom is 0.363 e. The number of anilines is 1. The second kappa shape index (κ2) is 6.59. The van der Waals surface area contributed by atoms with Crippen molar-refractivity contribution in [3.63, 3.8) is 0 Å². The molecule has 0 amide bonds. The van der Waals surface area contributed by atoms with E-state index in [-0.39, 0.29) is 0 Å². The van der Waals surface area contributed by atoms with Crippen LogP contribution in [0.4, 0.5) is 5.00 Å². The summed E-state index contributed by atoms with van der Waals surface area (Å²) < 4.78 is 10.7. The zero-order valence-electron chi connectivity index (χ0n) is 13.0. The third kappa shape index (κ3) is 3.11. The van der Waals surface area contributed by atoms with E-state index in [0.29, 0.717) is 11.6 Å². The maximum absolute atomic E-state index is 12.0. The number of rotatable bonds is 3. The molecule has 0 N–H and O–H groups in total. The van der Waals surface area contributed by atoms with Gasteiger partial charge in [0.2, 0.25) is 5.90 Å². The van der Waals surface area contributed by atoms with Crippen molar-refractivity contribution < 1.29 is 14.3 Å². The van der Waals surface area contributed by atoms with Gasteiger partial charge in [-0.15, -0.1) is 11.3 Å². The molecule has 0 aliphatic carbocycles. The number of hydrogen-bond acceptors (Lipinski definition) is 6. The van der Waals surface area contributed by atoms with Gasteiger partial charge in [-0.25, -0.2) is 9.79 Å². The van der Waals surface area contributed by atoms with Gasteiger partial charge in [0.1, 0.15) is 0 Å². The van der Waals surface area contributed by atoms with Gasteiger partial charge in [0, 0.05) is 23.5 Å². The Labute approximate surface area is 143 Å². The highest BCUT2D eigenvalue weighted by atomic mass is 32.1. The summed E-state index contributed by atoms with van der Waals surface area (Å²) in [5.74, 6) is -0.0491. The normalized spacial score (nSPS) is 19.5. The highest BCUT2D eigenvalue weighted by molar-refractivity contribution is 7.16. The number of benzene rings is 1. The molecule has 2 aliphatic rings. The van der Waals surface area contributed by atoms with Crippen LogP contribution in [-0.2, 0) is 14.3 Å². The van der Waals surface area contributed by atoms with Gasteiger partial charge in [-0.3, -0.25) is 0 Å². The van der Waals surface area contributed by atoms with Crippen molar-refractivity contribution in [3.8, 4) is 0 Å². The Bertz CT molecular complexity index is 805. The van der Waals surface area contributed by atoms with Crippen LogP contribution in [0.3, 0.4) is 0 Å². The van der Waals surface area contributed by atoms with E-state index >= 15 is 0 Å². The van der Waals surface area contributed by atoms with Crippen LogP contribution in [-0.4, -0.2) is 38.2 Å². The highest BCUT2D eigenvalue weighted by Gasteiger charge is 2.24. The fraction of sp³-hybridized carbons (Fsp3) is 0.222. The topological polar surface area (TPSA) is 51.1 Å². The summed E-state index contributed by atoms with van der Waals surface area (Å²) in [4.78, 5) is 19.7. The number of esters is 1. The van der Waals surface area contributed by atoms with Crippen molar-refractivity contribution >= 4 is 34.3 Å². The Morgan fingerprint density at radius 1 is 1.08 bits per heavy atom. The lowest BCUT2D eigenvalue weighted by molar-refractivity contribution is -0.129. The fourth-order valence-electron chi connectivity index (χ4n) is 2.62. The average Bonchev–Trinajstić information content (AvgIpc) is 3.24. The van der Waals surface area contributed by atoms with E-state index in [1.165, 1.54) is 5.00 Å². The third-order valence-corrected chi connectivity index (χ3v) is 4.95. The molecule has 2 aliphatic heterocycles. The summed E-state index contributed by atoms with van der Waals surface area (Å²) in [5, 5.41) is 1.18.